The Bertz CT molecular complexity index is 14.4. The van der Waals surface area contributed by atoms with Crippen molar-refractivity contribution >= 4 is 15.8 Å². The number of hydrogen-bond donors (Lipinski definition) is 1. The van der Waals surface area contributed by atoms with E-state index >= 15 is 0 Å². The molecular weight excluding hydrogens is 127 g/mol. The van der Waals surface area contributed by atoms with Gasteiger partial charge >= 0.3 is 38.4 Å². The molecule has 0 aliphatic heterocycles. The predicted molar refractivity (Wildman–Crippen MR) is 23.5 cm³/mol. The SMILES string of the molecule is C[As]CCO. The van der Waals surface area contributed by atoms with E-state index in [1.807, 2.05) is 0 Å². The van der Waals surface area contributed by atoms with Crippen molar-refractivity contribution in [2.45, 2.75) is 10.9 Å². The Morgan fingerprint density at radius 2 is 2.40 bits per heavy atom. The maximum atomic E-state index is 8.09. The van der Waals surface area contributed by atoms with Crippen LogP contribution in [-0.4, -0.2) is 27.5 Å². The van der Waals surface area contributed by atoms with Crippen molar-refractivity contribution < 1.29 is 5.11 Å². The third kappa shape index (κ3) is 4.52. The molecule has 5 heavy (non-hydrogen) atoms. The molecule has 2 heteroatoms. The van der Waals surface area contributed by atoms with Gasteiger partial charge in [0.15, 0.2) is 0 Å². The number of aliphatic hydroxyl groups excluding tert-OH is 1. The van der Waals surface area contributed by atoms with Crippen LogP contribution in [0.15, 0.2) is 0 Å². The average molecular weight is 135 g/mol. The van der Waals surface area contributed by atoms with E-state index in [0.29, 0.717) is 22.4 Å². The van der Waals surface area contributed by atoms with Crippen LogP contribution in [0.4, 0.5) is 0 Å². The summed E-state index contributed by atoms with van der Waals surface area (Å²) in [5, 5.41) is 9.13. The first-order chi connectivity index (χ1) is 2.41. The molecule has 0 amide bonds. The fourth-order valence-electron chi connectivity index (χ4n) is 0.1000. The number of rotatable bonds is 2. The summed E-state index contributed by atoms with van der Waals surface area (Å²) in [6.07, 6.45) is 0. The molecule has 0 atom stereocenters. The molecule has 0 unspecified atom stereocenters. The third-order valence-corrected chi connectivity index (χ3v) is 1.68. The van der Waals surface area contributed by atoms with Gasteiger partial charge in [0.05, 0.1) is 0 Å². The zero-order valence-corrected chi connectivity index (χ0v) is 5.19. The molecule has 31 valence electrons. The Morgan fingerprint density at radius 1 is 1.80 bits per heavy atom. The number of aliphatic hydroxyl groups is 1. The Morgan fingerprint density at radius 3 is 2.40 bits per heavy atom. The van der Waals surface area contributed by atoms with Crippen molar-refractivity contribution in [1.82, 2.24) is 0 Å². The van der Waals surface area contributed by atoms with Gasteiger partial charge < -0.3 is 0 Å². The molecule has 0 aliphatic rings. The summed E-state index contributed by atoms with van der Waals surface area (Å²) in [4.78, 5) is 0. The molecule has 0 fully saturated rings. The van der Waals surface area contributed by atoms with E-state index in [1.165, 1.54) is 0 Å². The minimum atomic E-state index is 0.385. The molecule has 1 radical (unpaired) electrons. The summed E-state index contributed by atoms with van der Waals surface area (Å²) >= 11 is 0.466. The molecule has 1 nitrogen and oxygen atoms in total. The molecule has 0 spiro atoms. The molecule has 1 N–H and O–H groups in total. The van der Waals surface area contributed by atoms with Crippen molar-refractivity contribution in [3.8, 4) is 0 Å². The van der Waals surface area contributed by atoms with E-state index in [-0.39, 0.29) is 0 Å². The van der Waals surface area contributed by atoms with Crippen LogP contribution in [0.3, 0.4) is 0 Å². The predicted octanol–water partition coefficient (Wildman–Crippen LogP) is 0.149. The van der Waals surface area contributed by atoms with Crippen LogP contribution in [0.5, 0.6) is 0 Å². The van der Waals surface area contributed by atoms with E-state index < -0.39 is 0 Å². The van der Waals surface area contributed by atoms with E-state index in [2.05, 4.69) is 5.71 Å². The molecule has 0 aromatic heterocycles. The fourth-order valence-corrected chi connectivity index (χ4v) is 0.520. The van der Waals surface area contributed by atoms with Crippen LogP contribution in [0.2, 0.25) is 10.9 Å². The van der Waals surface area contributed by atoms with E-state index in [9.17, 15) is 0 Å². The summed E-state index contributed by atoms with van der Waals surface area (Å²) < 4.78 is 0. The summed E-state index contributed by atoms with van der Waals surface area (Å²) in [5.41, 5.74) is 2.15. The normalized spacial score (nSPS) is 10.8. The van der Waals surface area contributed by atoms with E-state index in [1.54, 1.807) is 0 Å². The van der Waals surface area contributed by atoms with Crippen LogP contribution in [0.1, 0.15) is 0 Å². The van der Waals surface area contributed by atoms with Crippen molar-refractivity contribution in [3.05, 3.63) is 0 Å². The molecular formula is C3H8AsO. The molecule has 0 saturated heterocycles. The van der Waals surface area contributed by atoms with E-state index in [4.69, 9.17) is 5.11 Å². The van der Waals surface area contributed by atoms with Gasteiger partial charge in [-0.2, -0.15) is 0 Å². The molecule has 0 saturated carbocycles. The van der Waals surface area contributed by atoms with E-state index in [0.717, 1.165) is 5.21 Å². The molecule has 0 heterocycles. The molecule has 0 aliphatic carbocycles. The van der Waals surface area contributed by atoms with Crippen LogP contribution in [0.25, 0.3) is 0 Å². The topological polar surface area (TPSA) is 20.2 Å². The van der Waals surface area contributed by atoms with Gasteiger partial charge in [0.25, 0.3) is 0 Å². The van der Waals surface area contributed by atoms with Gasteiger partial charge in [-0.3, -0.25) is 0 Å². The monoisotopic (exact) mass is 135 g/mol. The first-order valence-corrected chi connectivity index (χ1v) is 4.78. The van der Waals surface area contributed by atoms with Crippen LogP contribution >= 0.6 is 0 Å². The quantitative estimate of drug-likeness (QED) is 0.534. The van der Waals surface area contributed by atoms with Crippen molar-refractivity contribution in [3.63, 3.8) is 0 Å². The molecule has 0 rings (SSSR count). The standard InChI is InChI=1S/C3H8AsO/c1-4-2-3-5/h5H,2-3H2,1H3. The number of hydrogen-bond acceptors (Lipinski definition) is 1. The summed E-state index contributed by atoms with van der Waals surface area (Å²) in [7, 11) is 0. The maximum absolute atomic E-state index is 8.09. The Kier molecular flexibility index (Phi) is 4.99. The van der Waals surface area contributed by atoms with Gasteiger partial charge in [-0.25, -0.2) is 0 Å². The second-order valence-electron chi connectivity index (χ2n) is 0.763. The summed E-state index contributed by atoms with van der Waals surface area (Å²) in [5.74, 6) is 0. The molecule has 0 aromatic rings. The van der Waals surface area contributed by atoms with Crippen LogP contribution in [0, 0.1) is 0 Å². The van der Waals surface area contributed by atoms with Gasteiger partial charge in [0.2, 0.25) is 0 Å². The fraction of sp³-hybridized carbons (Fsp3) is 1.00. The minimum absolute atomic E-state index is 0.385. The second-order valence-corrected chi connectivity index (χ2v) is 3.03. The first-order valence-electron chi connectivity index (χ1n) is 1.58. The van der Waals surface area contributed by atoms with Gasteiger partial charge in [-0.1, -0.05) is 0 Å². The molecule has 0 aromatic carbocycles. The van der Waals surface area contributed by atoms with Crippen molar-refractivity contribution in [2.75, 3.05) is 6.61 Å². The Hall–Kier alpha value is 0.518. The zero-order chi connectivity index (χ0) is 4.12. The first kappa shape index (κ1) is 5.52. The average Bonchev–Trinajstić information content (AvgIpc) is 1.41. The van der Waals surface area contributed by atoms with Crippen LogP contribution in [-0.2, 0) is 0 Å². The van der Waals surface area contributed by atoms with Gasteiger partial charge in [-0.15, -0.1) is 0 Å². The van der Waals surface area contributed by atoms with Gasteiger partial charge in [0.1, 0.15) is 0 Å². The third-order valence-electron chi connectivity index (χ3n) is 0.324. The van der Waals surface area contributed by atoms with Crippen LogP contribution < -0.4 is 0 Å². The van der Waals surface area contributed by atoms with Crippen molar-refractivity contribution in [2.24, 2.45) is 0 Å². The van der Waals surface area contributed by atoms with Gasteiger partial charge in [-0.05, 0) is 0 Å². The Balaban J connectivity index is 2.19. The van der Waals surface area contributed by atoms with Crippen molar-refractivity contribution in [1.29, 1.82) is 0 Å². The summed E-state index contributed by atoms with van der Waals surface area (Å²) in [6, 6.07) is 0. The molecule has 0 bridgehead atoms. The van der Waals surface area contributed by atoms with Gasteiger partial charge in [0, 0.05) is 0 Å². The zero-order valence-electron chi connectivity index (χ0n) is 3.31. The second kappa shape index (κ2) is 4.52. The summed E-state index contributed by atoms with van der Waals surface area (Å²) in [6.45, 7) is 0.385. The Labute approximate surface area is 39.1 Å².